The number of nitro benzene ring substituents is 2. The number of aromatic hydroxyl groups is 1. The average Bonchev–Trinajstić information content (AvgIpc) is 2.69. The third kappa shape index (κ3) is 5.64. The third-order valence-electron chi connectivity index (χ3n) is 3.44. The number of non-ortho nitro benzene ring substituents is 1. The van der Waals surface area contributed by atoms with E-state index in [4.69, 9.17) is 9.47 Å². The number of hydrogen-bond acceptors (Lipinski definition) is 9. The molecule has 0 unspecified atom stereocenters. The number of hydrazone groups is 1. The van der Waals surface area contributed by atoms with E-state index < -0.39 is 39.5 Å². The van der Waals surface area contributed by atoms with E-state index in [0.29, 0.717) is 20.6 Å². The number of benzene rings is 2. The van der Waals surface area contributed by atoms with Crippen LogP contribution < -0.4 is 14.9 Å². The van der Waals surface area contributed by atoms with Crippen LogP contribution in [-0.4, -0.2) is 40.8 Å². The SMILES string of the molecule is COc1cc([N+](=O)[O-])cc([N+](=O)[O-])c1OCC(=O)N/N=C/c1cc(Br)c(O)c(Br)c1. The lowest BCUT2D eigenvalue weighted by atomic mass is 10.2. The van der Waals surface area contributed by atoms with E-state index in [1.807, 2.05) is 0 Å². The minimum atomic E-state index is -0.887. The molecule has 30 heavy (non-hydrogen) atoms. The summed E-state index contributed by atoms with van der Waals surface area (Å²) in [5.74, 6) is -1.45. The molecule has 0 bridgehead atoms. The van der Waals surface area contributed by atoms with Gasteiger partial charge in [-0.2, -0.15) is 5.10 Å². The van der Waals surface area contributed by atoms with Gasteiger partial charge >= 0.3 is 5.69 Å². The number of nitrogens with one attached hydrogen (secondary N) is 1. The maximum Gasteiger partial charge on any atom is 0.321 e. The Morgan fingerprint density at radius 2 is 1.83 bits per heavy atom. The molecule has 2 rings (SSSR count). The van der Waals surface area contributed by atoms with E-state index in [1.165, 1.54) is 6.21 Å². The van der Waals surface area contributed by atoms with Crippen LogP contribution in [0.3, 0.4) is 0 Å². The van der Waals surface area contributed by atoms with Crippen molar-refractivity contribution < 1.29 is 29.2 Å². The van der Waals surface area contributed by atoms with E-state index in [-0.39, 0.29) is 11.5 Å². The molecule has 0 aliphatic rings. The van der Waals surface area contributed by atoms with Crippen molar-refractivity contribution >= 4 is 55.4 Å². The first-order valence-corrected chi connectivity index (χ1v) is 9.36. The average molecular weight is 548 g/mol. The number of phenolic OH excluding ortho intramolecular Hbond substituents is 1. The molecule has 158 valence electrons. The summed E-state index contributed by atoms with van der Waals surface area (Å²) >= 11 is 6.31. The van der Waals surface area contributed by atoms with Crippen molar-refractivity contribution in [1.82, 2.24) is 5.43 Å². The maximum absolute atomic E-state index is 11.9. The summed E-state index contributed by atoms with van der Waals surface area (Å²) in [6.45, 7) is -0.671. The number of amides is 1. The second kappa shape index (κ2) is 9.98. The first-order chi connectivity index (χ1) is 14.1. The molecule has 12 nitrogen and oxygen atoms in total. The number of halogens is 2. The van der Waals surface area contributed by atoms with Gasteiger partial charge in [-0.25, -0.2) is 5.43 Å². The quantitative estimate of drug-likeness (QED) is 0.288. The standard InChI is InChI=1S/C16H12Br2N4O8/c1-29-13-5-9(21(25)26)4-12(22(27)28)16(13)30-7-14(23)20-19-6-8-2-10(17)15(24)11(18)3-8/h2-6,24H,7H2,1H3,(H,20,23)/b19-6+. The lowest BCUT2D eigenvalue weighted by molar-refractivity contribution is -0.394. The second-order valence-corrected chi connectivity index (χ2v) is 7.13. The number of nitrogens with zero attached hydrogens (tertiary/aromatic N) is 3. The van der Waals surface area contributed by atoms with Crippen LogP contribution in [0.1, 0.15) is 5.56 Å². The monoisotopic (exact) mass is 546 g/mol. The van der Waals surface area contributed by atoms with Gasteiger partial charge in [0.1, 0.15) is 5.75 Å². The summed E-state index contributed by atoms with van der Waals surface area (Å²) in [5, 5.41) is 35.5. The number of methoxy groups -OCH3 is 1. The van der Waals surface area contributed by atoms with Crippen LogP contribution >= 0.6 is 31.9 Å². The van der Waals surface area contributed by atoms with Gasteiger partial charge < -0.3 is 14.6 Å². The number of rotatable bonds is 8. The second-order valence-electron chi connectivity index (χ2n) is 5.43. The van der Waals surface area contributed by atoms with Crippen LogP contribution in [0.2, 0.25) is 0 Å². The van der Waals surface area contributed by atoms with Gasteiger partial charge in [-0.3, -0.25) is 25.0 Å². The van der Waals surface area contributed by atoms with Crippen molar-refractivity contribution in [3.8, 4) is 17.2 Å². The molecular formula is C16H12Br2N4O8. The van der Waals surface area contributed by atoms with E-state index in [2.05, 4.69) is 42.4 Å². The lowest BCUT2D eigenvalue weighted by Gasteiger charge is -2.10. The molecule has 0 atom stereocenters. The molecule has 1 amide bonds. The first-order valence-electron chi connectivity index (χ1n) is 7.77. The highest BCUT2D eigenvalue weighted by Crippen LogP contribution is 2.40. The van der Waals surface area contributed by atoms with Crippen LogP contribution in [-0.2, 0) is 4.79 Å². The Hall–Kier alpha value is -3.26. The van der Waals surface area contributed by atoms with Crippen LogP contribution in [0.15, 0.2) is 38.3 Å². The van der Waals surface area contributed by atoms with Crippen molar-refractivity contribution in [2.24, 2.45) is 5.10 Å². The predicted octanol–water partition coefficient (Wildman–Crippen LogP) is 3.27. The van der Waals surface area contributed by atoms with Crippen molar-refractivity contribution in [1.29, 1.82) is 0 Å². The molecule has 0 saturated heterocycles. The first kappa shape index (κ1) is 23.0. The molecule has 0 aliphatic heterocycles. The minimum absolute atomic E-state index is 0.00299. The van der Waals surface area contributed by atoms with Crippen LogP contribution in [0.4, 0.5) is 11.4 Å². The van der Waals surface area contributed by atoms with Crippen molar-refractivity contribution in [3.63, 3.8) is 0 Å². The van der Waals surface area contributed by atoms with Gasteiger partial charge in [-0.05, 0) is 49.6 Å². The summed E-state index contributed by atoms with van der Waals surface area (Å²) in [7, 11) is 1.15. The smallest absolute Gasteiger partial charge is 0.321 e. The van der Waals surface area contributed by atoms with E-state index in [0.717, 1.165) is 13.2 Å². The number of hydrogen-bond donors (Lipinski definition) is 2. The Labute approximate surface area is 185 Å². The summed E-state index contributed by atoms with van der Waals surface area (Å²) in [4.78, 5) is 32.3. The Morgan fingerprint density at radius 1 is 1.20 bits per heavy atom. The van der Waals surface area contributed by atoms with Gasteiger partial charge in [0.2, 0.25) is 5.75 Å². The molecular weight excluding hydrogens is 536 g/mol. The zero-order valence-electron chi connectivity index (χ0n) is 15.0. The zero-order chi connectivity index (χ0) is 22.4. The number of ether oxygens (including phenoxy) is 2. The summed E-state index contributed by atoms with van der Waals surface area (Å²) < 4.78 is 10.9. The minimum Gasteiger partial charge on any atom is -0.506 e. The molecule has 0 aliphatic carbocycles. The fourth-order valence-corrected chi connectivity index (χ4v) is 3.34. The van der Waals surface area contributed by atoms with E-state index in [1.54, 1.807) is 12.1 Å². The highest BCUT2D eigenvalue weighted by molar-refractivity contribution is 9.11. The summed E-state index contributed by atoms with van der Waals surface area (Å²) in [6, 6.07) is 4.75. The number of carbonyl (C=O) groups excluding carboxylic acids is 1. The van der Waals surface area contributed by atoms with Gasteiger partial charge in [0.05, 0.1) is 44.2 Å². The Balaban J connectivity index is 2.10. The van der Waals surface area contributed by atoms with Gasteiger partial charge in [0.15, 0.2) is 12.4 Å². The zero-order valence-corrected chi connectivity index (χ0v) is 18.2. The fraction of sp³-hybridized carbons (Fsp3) is 0.125. The molecule has 14 heteroatoms. The molecule has 2 aromatic carbocycles. The van der Waals surface area contributed by atoms with Crippen LogP contribution in [0.5, 0.6) is 17.2 Å². The van der Waals surface area contributed by atoms with Gasteiger partial charge in [0.25, 0.3) is 11.6 Å². The van der Waals surface area contributed by atoms with Crippen molar-refractivity contribution in [2.45, 2.75) is 0 Å². The molecule has 0 spiro atoms. The third-order valence-corrected chi connectivity index (χ3v) is 4.65. The molecule has 2 aromatic rings. The van der Waals surface area contributed by atoms with Crippen LogP contribution in [0, 0.1) is 20.2 Å². The molecule has 0 aromatic heterocycles. The number of carbonyl (C=O) groups is 1. The molecule has 0 heterocycles. The topological polar surface area (TPSA) is 166 Å². The summed E-state index contributed by atoms with van der Waals surface area (Å²) in [6.07, 6.45) is 1.29. The van der Waals surface area contributed by atoms with Gasteiger partial charge in [-0.15, -0.1) is 0 Å². The molecule has 0 fully saturated rings. The maximum atomic E-state index is 11.9. The van der Waals surface area contributed by atoms with E-state index >= 15 is 0 Å². The number of phenols is 1. The number of nitro groups is 2. The Kier molecular flexibility index (Phi) is 7.66. The highest BCUT2D eigenvalue weighted by atomic mass is 79.9. The normalized spacial score (nSPS) is 10.6. The largest absolute Gasteiger partial charge is 0.506 e. The van der Waals surface area contributed by atoms with Gasteiger partial charge in [0, 0.05) is 0 Å². The fourth-order valence-electron chi connectivity index (χ4n) is 2.12. The lowest BCUT2D eigenvalue weighted by Crippen LogP contribution is -2.25. The van der Waals surface area contributed by atoms with Gasteiger partial charge in [-0.1, -0.05) is 0 Å². The molecule has 0 saturated carbocycles. The molecule has 0 radical (unpaired) electrons. The highest BCUT2D eigenvalue weighted by Gasteiger charge is 2.27. The predicted molar refractivity (Wildman–Crippen MR) is 111 cm³/mol. The Bertz CT molecular complexity index is 1020. The van der Waals surface area contributed by atoms with Crippen molar-refractivity contribution in [3.05, 3.63) is 59.0 Å². The Morgan fingerprint density at radius 3 is 2.37 bits per heavy atom. The van der Waals surface area contributed by atoms with Crippen LogP contribution in [0.25, 0.3) is 0 Å². The van der Waals surface area contributed by atoms with E-state index in [9.17, 15) is 30.1 Å². The van der Waals surface area contributed by atoms with Crippen molar-refractivity contribution in [2.75, 3.05) is 13.7 Å². The summed E-state index contributed by atoms with van der Waals surface area (Å²) in [5.41, 5.74) is 1.42. The molecule has 2 N–H and O–H groups in total.